The largest absolute Gasteiger partial charge is 0.214 e. The minimum absolute atomic E-state index is 0.228. The fraction of sp³-hybridized carbons (Fsp3) is 0.188. The van der Waals surface area contributed by atoms with Crippen LogP contribution in [0.15, 0.2) is 47.6 Å². The molecule has 3 aromatic rings. The van der Waals surface area contributed by atoms with Crippen LogP contribution in [0.25, 0.3) is 5.69 Å². The predicted molar refractivity (Wildman–Crippen MR) is 84.6 cm³/mol. The Morgan fingerprint density at radius 2 is 1.86 bits per heavy atom. The van der Waals surface area contributed by atoms with Crippen molar-refractivity contribution in [3.8, 4) is 5.69 Å². The molecule has 0 bridgehead atoms. The van der Waals surface area contributed by atoms with Crippen LogP contribution in [0, 0.1) is 19.7 Å². The van der Waals surface area contributed by atoms with Crippen molar-refractivity contribution >= 4 is 11.8 Å². The average molecular weight is 314 g/mol. The first-order valence-electron chi connectivity index (χ1n) is 6.87. The Morgan fingerprint density at radius 3 is 2.64 bits per heavy atom. The van der Waals surface area contributed by atoms with E-state index in [1.165, 1.54) is 29.5 Å². The van der Waals surface area contributed by atoms with E-state index in [4.69, 9.17) is 0 Å². The summed E-state index contributed by atoms with van der Waals surface area (Å²) in [5.41, 5.74) is 4.36. The molecular weight excluding hydrogens is 299 g/mol. The van der Waals surface area contributed by atoms with Crippen LogP contribution in [-0.2, 0) is 5.75 Å². The molecule has 0 saturated carbocycles. The summed E-state index contributed by atoms with van der Waals surface area (Å²) in [6, 6.07) is 12.5. The summed E-state index contributed by atoms with van der Waals surface area (Å²) in [6.07, 6.45) is 0. The van der Waals surface area contributed by atoms with Gasteiger partial charge in [0, 0.05) is 5.75 Å². The van der Waals surface area contributed by atoms with Crippen molar-refractivity contribution in [1.29, 1.82) is 0 Å². The van der Waals surface area contributed by atoms with E-state index in [9.17, 15) is 4.39 Å². The van der Waals surface area contributed by atoms with Crippen LogP contribution in [0.2, 0.25) is 0 Å². The molecule has 3 rings (SSSR count). The molecule has 2 aromatic carbocycles. The summed E-state index contributed by atoms with van der Waals surface area (Å²) in [5.74, 6) is 0.458. The van der Waals surface area contributed by atoms with Crippen LogP contribution in [0.3, 0.4) is 0 Å². The second-order valence-corrected chi connectivity index (χ2v) is 5.95. The molecule has 1 aromatic heterocycles. The maximum atomic E-state index is 12.9. The number of benzene rings is 2. The topological polar surface area (TPSA) is 43.6 Å². The molecule has 0 saturated heterocycles. The molecule has 0 radical (unpaired) electrons. The van der Waals surface area contributed by atoms with Crippen molar-refractivity contribution in [3.05, 3.63) is 65.0 Å². The van der Waals surface area contributed by atoms with Gasteiger partial charge in [0.1, 0.15) is 5.82 Å². The summed E-state index contributed by atoms with van der Waals surface area (Å²) >= 11 is 1.53. The Balaban J connectivity index is 1.83. The van der Waals surface area contributed by atoms with Gasteiger partial charge in [-0.25, -0.2) is 4.39 Å². The van der Waals surface area contributed by atoms with Crippen molar-refractivity contribution in [1.82, 2.24) is 20.2 Å². The number of halogens is 1. The standard InChI is InChI=1S/C16H15FN4S/c1-11-4-3-5-15(12(11)2)21-16(18-19-20-21)22-10-13-6-8-14(17)9-7-13/h3-9H,10H2,1-2H3. The molecule has 112 valence electrons. The molecule has 0 aliphatic heterocycles. The lowest BCUT2D eigenvalue weighted by Gasteiger charge is -2.09. The van der Waals surface area contributed by atoms with E-state index in [2.05, 4.69) is 35.4 Å². The maximum absolute atomic E-state index is 12.9. The molecule has 0 unspecified atom stereocenters. The van der Waals surface area contributed by atoms with Gasteiger partial charge in [0.2, 0.25) is 5.16 Å². The lowest BCUT2D eigenvalue weighted by molar-refractivity contribution is 0.627. The zero-order valence-corrected chi connectivity index (χ0v) is 13.1. The Hall–Kier alpha value is -2.21. The zero-order chi connectivity index (χ0) is 15.5. The van der Waals surface area contributed by atoms with Gasteiger partial charge in [-0.3, -0.25) is 0 Å². The normalized spacial score (nSPS) is 10.9. The fourth-order valence-corrected chi connectivity index (χ4v) is 2.95. The number of tetrazole rings is 1. The van der Waals surface area contributed by atoms with Crippen molar-refractivity contribution in [2.24, 2.45) is 0 Å². The number of nitrogens with zero attached hydrogens (tertiary/aromatic N) is 4. The van der Waals surface area contributed by atoms with Crippen LogP contribution in [-0.4, -0.2) is 20.2 Å². The summed E-state index contributed by atoms with van der Waals surface area (Å²) in [7, 11) is 0. The number of hydrogen-bond donors (Lipinski definition) is 0. The third kappa shape index (κ3) is 3.01. The van der Waals surface area contributed by atoms with Crippen LogP contribution >= 0.6 is 11.8 Å². The van der Waals surface area contributed by atoms with Crippen LogP contribution in [0.5, 0.6) is 0 Å². The Kier molecular flexibility index (Phi) is 4.20. The highest BCUT2D eigenvalue weighted by Crippen LogP contribution is 2.24. The van der Waals surface area contributed by atoms with E-state index in [1.54, 1.807) is 16.8 Å². The van der Waals surface area contributed by atoms with Gasteiger partial charge < -0.3 is 0 Å². The van der Waals surface area contributed by atoms with Crippen molar-refractivity contribution in [2.75, 3.05) is 0 Å². The highest BCUT2D eigenvalue weighted by atomic mass is 32.2. The van der Waals surface area contributed by atoms with Crippen molar-refractivity contribution < 1.29 is 4.39 Å². The first-order valence-corrected chi connectivity index (χ1v) is 7.86. The average Bonchev–Trinajstić information content (AvgIpc) is 2.98. The minimum atomic E-state index is -0.228. The molecule has 0 atom stereocenters. The molecule has 1 heterocycles. The molecule has 0 aliphatic rings. The van der Waals surface area contributed by atoms with E-state index >= 15 is 0 Å². The van der Waals surface area contributed by atoms with Gasteiger partial charge in [-0.2, -0.15) is 4.68 Å². The van der Waals surface area contributed by atoms with Gasteiger partial charge in [-0.15, -0.1) is 5.10 Å². The summed E-state index contributed by atoms with van der Waals surface area (Å²) in [6.45, 7) is 4.12. The molecule has 0 aliphatic carbocycles. The Labute approximate surface area is 132 Å². The van der Waals surface area contributed by atoms with E-state index in [0.29, 0.717) is 5.75 Å². The van der Waals surface area contributed by atoms with Gasteiger partial charge in [-0.1, -0.05) is 36.0 Å². The maximum Gasteiger partial charge on any atom is 0.214 e. The van der Waals surface area contributed by atoms with E-state index in [0.717, 1.165) is 22.0 Å². The summed E-state index contributed by atoms with van der Waals surface area (Å²) in [4.78, 5) is 0. The van der Waals surface area contributed by atoms with Gasteiger partial charge >= 0.3 is 0 Å². The third-order valence-corrected chi connectivity index (χ3v) is 4.52. The third-order valence-electron chi connectivity index (χ3n) is 3.53. The molecule has 6 heteroatoms. The molecular formula is C16H15FN4S. The number of thioether (sulfide) groups is 1. The smallest absolute Gasteiger partial charge is 0.207 e. The first kappa shape index (κ1) is 14.7. The monoisotopic (exact) mass is 314 g/mol. The van der Waals surface area contributed by atoms with E-state index in [-0.39, 0.29) is 5.82 Å². The number of aryl methyl sites for hydroxylation is 1. The first-order chi connectivity index (χ1) is 10.6. The zero-order valence-electron chi connectivity index (χ0n) is 12.3. The molecule has 0 N–H and O–H groups in total. The highest BCUT2D eigenvalue weighted by Gasteiger charge is 2.12. The number of hydrogen-bond acceptors (Lipinski definition) is 4. The van der Waals surface area contributed by atoms with Gasteiger partial charge in [0.25, 0.3) is 0 Å². The second-order valence-electron chi connectivity index (χ2n) is 5.01. The van der Waals surface area contributed by atoms with E-state index < -0.39 is 0 Å². The molecule has 22 heavy (non-hydrogen) atoms. The lowest BCUT2D eigenvalue weighted by atomic mass is 10.1. The Morgan fingerprint density at radius 1 is 1.09 bits per heavy atom. The van der Waals surface area contributed by atoms with E-state index in [1.807, 2.05) is 12.1 Å². The summed E-state index contributed by atoms with van der Waals surface area (Å²) < 4.78 is 14.7. The van der Waals surface area contributed by atoms with Crippen LogP contribution in [0.1, 0.15) is 16.7 Å². The fourth-order valence-electron chi connectivity index (χ4n) is 2.11. The van der Waals surface area contributed by atoms with Gasteiger partial charge in [0.15, 0.2) is 0 Å². The summed E-state index contributed by atoms with van der Waals surface area (Å²) in [5, 5.41) is 12.7. The Bertz CT molecular complexity index is 783. The number of rotatable bonds is 4. The SMILES string of the molecule is Cc1cccc(-n2nnnc2SCc2ccc(F)cc2)c1C. The van der Waals surface area contributed by atoms with Crippen molar-refractivity contribution in [3.63, 3.8) is 0 Å². The minimum Gasteiger partial charge on any atom is -0.207 e. The molecule has 0 amide bonds. The highest BCUT2D eigenvalue weighted by molar-refractivity contribution is 7.98. The molecule has 0 spiro atoms. The second kappa shape index (κ2) is 6.27. The molecule has 4 nitrogen and oxygen atoms in total. The van der Waals surface area contributed by atoms with Gasteiger partial charge in [-0.05, 0) is 59.2 Å². The predicted octanol–water partition coefficient (Wildman–Crippen LogP) is 3.71. The van der Waals surface area contributed by atoms with Crippen molar-refractivity contribution in [2.45, 2.75) is 24.8 Å². The molecule has 0 fully saturated rings. The number of aromatic nitrogens is 4. The van der Waals surface area contributed by atoms with Crippen LogP contribution < -0.4 is 0 Å². The van der Waals surface area contributed by atoms with Crippen LogP contribution in [0.4, 0.5) is 4.39 Å². The quantitative estimate of drug-likeness (QED) is 0.689. The van der Waals surface area contributed by atoms with Gasteiger partial charge in [0.05, 0.1) is 5.69 Å². The lowest BCUT2D eigenvalue weighted by Crippen LogP contribution is -2.02.